The molecule has 3 heteroatoms. The van der Waals surface area contributed by atoms with Gasteiger partial charge in [-0.1, -0.05) is 13.3 Å². The summed E-state index contributed by atoms with van der Waals surface area (Å²) in [4.78, 5) is 13.7. The Balaban J connectivity index is 2.46. The molecule has 0 aromatic carbocycles. The SMILES string of the molecule is CCCC(N)C(=O)N1CCCC1C. The average molecular weight is 184 g/mol. The lowest BCUT2D eigenvalue weighted by molar-refractivity contribution is -0.133. The van der Waals surface area contributed by atoms with Gasteiger partial charge in [0.15, 0.2) is 0 Å². The second kappa shape index (κ2) is 4.61. The molecule has 1 aliphatic heterocycles. The Morgan fingerprint density at radius 3 is 2.85 bits per heavy atom. The maximum absolute atomic E-state index is 11.7. The number of likely N-dealkylation sites (tertiary alicyclic amines) is 1. The Morgan fingerprint density at radius 2 is 2.38 bits per heavy atom. The fourth-order valence-corrected chi connectivity index (χ4v) is 1.91. The van der Waals surface area contributed by atoms with E-state index in [9.17, 15) is 4.79 Å². The molecule has 1 aliphatic rings. The summed E-state index contributed by atoms with van der Waals surface area (Å²) in [5.74, 6) is 0.145. The first-order chi connectivity index (χ1) is 6.16. The molecule has 0 aromatic rings. The standard InChI is InChI=1S/C10H20N2O/c1-3-5-9(11)10(13)12-7-4-6-8(12)2/h8-9H,3-7,11H2,1-2H3. The van der Waals surface area contributed by atoms with Crippen LogP contribution in [0.5, 0.6) is 0 Å². The summed E-state index contributed by atoms with van der Waals surface area (Å²) in [5.41, 5.74) is 5.78. The van der Waals surface area contributed by atoms with Gasteiger partial charge >= 0.3 is 0 Å². The molecule has 0 radical (unpaired) electrons. The van der Waals surface area contributed by atoms with Crippen molar-refractivity contribution < 1.29 is 4.79 Å². The Morgan fingerprint density at radius 1 is 1.69 bits per heavy atom. The molecule has 2 unspecified atom stereocenters. The molecule has 2 atom stereocenters. The maximum Gasteiger partial charge on any atom is 0.239 e. The van der Waals surface area contributed by atoms with Crippen LogP contribution in [0.4, 0.5) is 0 Å². The van der Waals surface area contributed by atoms with Crippen LogP contribution >= 0.6 is 0 Å². The molecule has 0 spiro atoms. The second-order valence-corrected chi connectivity index (χ2v) is 3.92. The Hall–Kier alpha value is -0.570. The van der Waals surface area contributed by atoms with Crippen LogP contribution < -0.4 is 5.73 Å². The molecule has 0 saturated carbocycles. The van der Waals surface area contributed by atoms with E-state index in [4.69, 9.17) is 5.73 Å². The summed E-state index contributed by atoms with van der Waals surface area (Å²) < 4.78 is 0. The van der Waals surface area contributed by atoms with Gasteiger partial charge in [-0.05, 0) is 26.2 Å². The third-order valence-corrected chi connectivity index (χ3v) is 2.75. The number of rotatable bonds is 3. The predicted octanol–water partition coefficient (Wildman–Crippen LogP) is 1.12. The molecule has 0 bridgehead atoms. The minimum absolute atomic E-state index is 0.145. The van der Waals surface area contributed by atoms with Crippen molar-refractivity contribution in [3.05, 3.63) is 0 Å². The van der Waals surface area contributed by atoms with Crippen LogP contribution in [0, 0.1) is 0 Å². The van der Waals surface area contributed by atoms with Crippen LogP contribution in [-0.2, 0) is 4.79 Å². The molecular formula is C10H20N2O. The highest BCUT2D eigenvalue weighted by Crippen LogP contribution is 2.17. The van der Waals surface area contributed by atoms with Gasteiger partial charge in [-0.2, -0.15) is 0 Å². The molecule has 3 nitrogen and oxygen atoms in total. The Kier molecular flexibility index (Phi) is 3.72. The summed E-state index contributed by atoms with van der Waals surface area (Å²) in [5, 5.41) is 0. The molecule has 0 aromatic heterocycles. The molecule has 1 amide bonds. The van der Waals surface area contributed by atoms with Gasteiger partial charge in [-0.15, -0.1) is 0 Å². The van der Waals surface area contributed by atoms with E-state index in [1.54, 1.807) is 0 Å². The molecule has 2 N–H and O–H groups in total. The third kappa shape index (κ3) is 2.44. The first-order valence-electron chi connectivity index (χ1n) is 5.23. The lowest BCUT2D eigenvalue weighted by atomic mass is 10.1. The normalized spacial score (nSPS) is 24.8. The molecule has 1 heterocycles. The van der Waals surface area contributed by atoms with Gasteiger partial charge in [0, 0.05) is 12.6 Å². The lowest BCUT2D eigenvalue weighted by Gasteiger charge is -2.24. The Labute approximate surface area is 80.3 Å². The predicted molar refractivity (Wildman–Crippen MR) is 53.3 cm³/mol. The van der Waals surface area contributed by atoms with Crippen LogP contribution in [0.15, 0.2) is 0 Å². The van der Waals surface area contributed by atoms with Crippen molar-refractivity contribution >= 4 is 5.91 Å². The van der Waals surface area contributed by atoms with Crippen molar-refractivity contribution in [2.75, 3.05) is 6.54 Å². The van der Waals surface area contributed by atoms with Gasteiger partial charge in [0.05, 0.1) is 6.04 Å². The smallest absolute Gasteiger partial charge is 0.239 e. The molecule has 1 rings (SSSR count). The van der Waals surface area contributed by atoms with Crippen molar-refractivity contribution in [2.45, 2.75) is 51.6 Å². The second-order valence-electron chi connectivity index (χ2n) is 3.92. The van der Waals surface area contributed by atoms with E-state index in [0.717, 1.165) is 32.2 Å². The van der Waals surface area contributed by atoms with Gasteiger partial charge in [-0.25, -0.2) is 0 Å². The molecule has 1 saturated heterocycles. The van der Waals surface area contributed by atoms with E-state index in [1.807, 2.05) is 4.90 Å². The summed E-state index contributed by atoms with van der Waals surface area (Å²) in [7, 11) is 0. The molecule has 1 fully saturated rings. The number of hydrogen-bond acceptors (Lipinski definition) is 2. The lowest BCUT2D eigenvalue weighted by Crippen LogP contribution is -2.45. The zero-order valence-electron chi connectivity index (χ0n) is 8.62. The van der Waals surface area contributed by atoms with E-state index in [1.165, 1.54) is 0 Å². The van der Waals surface area contributed by atoms with Gasteiger partial charge in [0.25, 0.3) is 0 Å². The minimum atomic E-state index is -0.273. The maximum atomic E-state index is 11.7. The van der Waals surface area contributed by atoms with E-state index in [0.29, 0.717) is 6.04 Å². The topological polar surface area (TPSA) is 46.3 Å². The van der Waals surface area contributed by atoms with Crippen LogP contribution in [0.25, 0.3) is 0 Å². The number of hydrogen-bond donors (Lipinski definition) is 1. The zero-order valence-corrected chi connectivity index (χ0v) is 8.62. The van der Waals surface area contributed by atoms with E-state index >= 15 is 0 Å². The quantitative estimate of drug-likeness (QED) is 0.714. The van der Waals surface area contributed by atoms with E-state index in [-0.39, 0.29) is 11.9 Å². The van der Waals surface area contributed by atoms with Crippen LogP contribution in [0.1, 0.15) is 39.5 Å². The summed E-state index contributed by atoms with van der Waals surface area (Å²) in [6.07, 6.45) is 4.05. The highest BCUT2D eigenvalue weighted by atomic mass is 16.2. The molecule has 0 aliphatic carbocycles. The number of nitrogens with zero attached hydrogens (tertiary/aromatic N) is 1. The first-order valence-corrected chi connectivity index (χ1v) is 5.23. The van der Waals surface area contributed by atoms with Crippen molar-refractivity contribution in [2.24, 2.45) is 5.73 Å². The Bertz CT molecular complexity index is 182. The molecular weight excluding hydrogens is 164 g/mol. The molecule has 13 heavy (non-hydrogen) atoms. The van der Waals surface area contributed by atoms with E-state index < -0.39 is 0 Å². The van der Waals surface area contributed by atoms with Gasteiger partial charge in [-0.3, -0.25) is 4.79 Å². The van der Waals surface area contributed by atoms with E-state index in [2.05, 4.69) is 13.8 Å². The fraction of sp³-hybridized carbons (Fsp3) is 0.900. The van der Waals surface area contributed by atoms with Crippen molar-refractivity contribution in [3.63, 3.8) is 0 Å². The average Bonchev–Trinajstić information content (AvgIpc) is 2.50. The van der Waals surface area contributed by atoms with Crippen molar-refractivity contribution in [3.8, 4) is 0 Å². The monoisotopic (exact) mass is 184 g/mol. The van der Waals surface area contributed by atoms with Gasteiger partial charge in [0.2, 0.25) is 5.91 Å². The third-order valence-electron chi connectivity index (χ3n) is 2.75. The minimum Gasteiger partial charge on any atom is -0.339 e. The largest absolute Gasteiger partial charge is 0.339 e. The highest BCUT2D eigenvalue weighted by Gasteiger charge is 2.28. The van der Waals surface area contributed by atoms with Crippen LogP contribution in [0.3, 0.4) is 0 Å². The number of carbonyl (C=O) groups excluding carboxylic acids is 1. The first kappa shape index (κ1) is 10.5. The van der Waals surface area contributed by atoms with Crippen LogP contribution in [0.2, 0.25) is 0 Å². The number of carbonyl (C=O) groups is 1. The highest BCUT2D eigenvalue weighted by molar-refractivity contribution is 5.82. The van der Waals surface area contributed by atoms with Gasteiger partial charge in [0.1, 0.15) is 0 Å². The van der Waals surface area contributed by atoms with Crippen molar-refractivity contribution in [1.29, 1.82) is 0 Å². The van der Waals surface area contributed by atoms with Crippen molar-refractivity contribution in [1.82, 2.24) is 4.90 Å². The summed E-state index contributed by atoms with van der Waals surface area (Å²) in [6, 6.07) is 0.126. The summed E-state index contributed by atoms with van der Waals surface area (Å²) >= 11 is 0. The van der Waals surface area contributed by atoms with Crippen LogP contribution in [-0.4, -0.2) is 29.4 Å². The zero-order chi connectivity index (χ0) is 9.84. The number of amides is 1. The molecule has 76 valence electrons. The summed E-state index contributed by atoms with van der Waals surface area (Å²) in [6.45, 7) is 5.06. The number of nitrogens with two attached hydrogens (primary N) is 1. The fourth-order valence-electron chi connectivity index (χ4n) is 1.91. The van der Waals surface area contributed by atoms with Gasteiger partial charge < -0.3 is 10.6 Å².